The molecule has 0 fully saturated rings. The maximum atomic E-state index is 13.3. The minimum atomic E-state index is -1.13. The first kappa shape index (κ1) is 30.2. The summed E-state index contributed by atoms with van der Waals surface area (Å²) in [4.78, 5) is 61.4. The number of carbonyl (C=O) groups is 4. The number of benzene rings is 1. The molecule has 0 aliphatic rings. The molecule has 11 heteroatoms. The fourth-order valence-electron chi connectivity index (χ4n) is 2.90. The lowest BCUT2D eigenvalue weighted by Gasteiger charge is -2.29. The molecule has 0 spiro atoms. The Hall–Kier alpha value is -4.02. The number of rotatable bonds is 4. The molecule has 1 aromatic heterocycles. The number of hydrogen-bond donors (Lipinski definition) is 0. The van der Waals surface area contributed by atoms with E-state index in [2.05, 4.69) is 9.97 Å². The maximum absolute atomic E-state index is 13.3. The van der Waals surface area contributed by atoms with Gasteiger partial charge in [0.15, 0.2) is 6.29 Å². The van der Waals surface area contributed by atoms with Crippen molar-refractivity contribution in [1.82, 2.24) is 9.97 Å². The minimum absolute atomic E-state index is 0.118. The second-order valence-electron chi connectivity index (χ2n) is 11.5. The molecule has 1 heterocycles. The monoisotopic (exact) mass is 528 g/mol. The van der Waals surface area contributed by atoms with Gasteiger partial charge in [0.05, 0.1) is 5.69 Å². The molecule has 1 aromatic carbocycles. The zero-order chi connectivity index (χ0) is 29.1. The van der Waals surface area contributed by atoms with Crippen molar-refractivity contribution in [2.24, 2.45) is 0 Å². The molecule has 0 saturated carbocycles. The molecule has 0 aliphatic carbocycles. The fraction of sp³-hybridized carbons (Fsp3) is 0.481. The van der Waals surface area contributed by atoms with E-state index >= 15 is 0 Å². The first-order valence-corrected chi connectivity index (χ1v) is 12.0. The number of carbonyl (C=O) groups excluding carboxylic acids is 4. The number of aromatic nitrogens is 2. The lowest BCUT2D eigenvalue weighted by Crippen LogP contribution is -2.45. The van der Waals surface area contributed by atoms with Crippen LogP contribution in [-0.4, -0.2) is 51.3 Å². The number of nitrogens with zero attached hydrogens (tertiary/aromatic N) is 4. The van der Waals surface area contributed by atoms with Gasteiger partial charge in [0, 0.05) is 6.07 Å². The summed E-state index contributed by atoms with van der Waals surface area (Å²) in [6.07, 6.45) is -2.65. The Balaban J connectivity index is 2.76. The highest BCUT2D eigenvalue weighted by atomic mass is 16.6. The van der Waals surface area contributed by atoms with Crippen molar-refractivity contribution < 1.29 is 33.4 Å². The van der Waals surface area contributed by atoms with Crippen LogP contribution in [0.15, 0.2) is 30.3 Å². The van der Waals surface area contributed by atoms with Crippen molar-refractivity contribution in [3.05, 3.63) is 41.6 Å². The zero-order valence-electron chi connectivity index (χ0n) is 23.6. The SMILES string of the molecule is Cc1ccc(N(C(=O)OC(C)(C)C)c2cc(C=O)nc(N(C(=O)OC(C)(C)C)C(=O)OC(C)(C)C)n2)cc1. The van der Waals surface area contributed by atoms with Crippen LogP contribution in [0.3, 0.4) is 0 Å². The molecule has 0 radical (unpaired) electrons. The summed E-state index contributed by atoms with van der Waals surface area (Å²) in [5.41, 5.74) is -1.71. The average Bonchev–Trinajstić information content (AvgIpc) is 2.71. The first-order chi connectivity index (χ1) is 17.3. The normalized spacial score (nSPS) is 11.8. The van der Waals surface area contributed by atoms with E-state index in [0.29, 0.717) is 16.9 Å². The van der Waals surface area contributed by atoms with Gasteiger partial charge in [-0.2, -0.15) is 4.98 Å². The molecule has 2 rings (SSSR count). The molecule has 0 aliphatic heterocycles. The van der Waals surface area contributed by atoms with Gasteiger partial charge >= 0.3 is 18.3 Å². The Morgan fingerprint density at radius 2 is 1.18 bits per heavy atom. The van der Waals surface area contributed by atoms with E-state index in [4.69, 9.17) is 14.2 Å². The molecule has 0 bridgehead atoms. The van der Waals surface area contributed by atoms with Crippen LogP contribution in [0.2, 0.25) is 0 Å². The van der Waals surface area contributed by atoms with E-state index in [-0.39, 0.29) is 11.5 Å². The Bertz CT molecular complexity index is 1160. The number of aldehydes is 1. The van der Waals surface area contributed by atoms with Crippen molar-refractivity contribution in [2.45, 2.75) is 86.0 Å². The third-order valence-electron chi connectivity index (χ3n) is 4.29. The Labute approximate surface area is 223 Å². The number of aryl methyl sites for hydroxylation is 1. The maximum Gasteiger partial charge on any atom is 0.427 e. The third kappa shape index (κ3) is 8.82. The van der Waals surface area contributed by atoms with Crippen molar-refractivity contribution in [2.75, 3.05) is 9.80 Å². The van der Waals surface area contributed by atoms with Crippen LogP contribution in [0.4, 0.5) is 31.8 Å². The summed E-state index contributed by atoms with van der Waals surface area (Å²) < 4.78 is 16.4. The Morgan fingerprint density at radius 3 is 1.61 bits per heavy atom. The van der Waals surface area contributed by atoms with Gasteiger partial charge < -0.3 is 14.2 Å². The highest BCUT2D eigenvalue weighted by Gasteiger charge is 2.36. The summed E-state index contributed by atoms with van der Waals surface area (Å²) >= 11 is 0. The van der Waals surface area contributed by atoms with E-state index in [1.165, 1.54) is 6.07 Å². The molecule has 0 saturated heterocycles. The first-order valence-electron chi connectivity index (χ1n) is 12.0. The predicted octanol–water partition coefficient (Wildman–Crippen LogP) is 6.35. The molecular formula is C27H36N4O7. The van der Waals surface area contributed by atoms with E-state index in [9.17, 15) is 19.2 Å². The lowest BCUT2D eigenvalue weighted by molar-refractivity contribution is 0.0426. The summed E-state index contributed by atoms with van der Waals surface area (Å²) in [5, 5.41) is 0. The Morgan fingerprint density at radius 1 is 0.737 bits per heavy atom. The average molecular weight is 529 g/mol. The molecule has 38 heavy (non-hydrogen) atoms. The number of imide groups is 1. The van der Waals surface area contributed by atoms with Gasteiger partial charge in [0.1, 0.15) is 28.3 Å². The molecular weight excluding hydrogens is 492 g/mol. The fourth-order valence-corrected chi connectivity index (χ4v) is 2.90. The zero-order valence-corrected chi connectivity index (χ0v) is 23.6. The Kier molecular flexibility index (Phi) is 8.87. The summed E-state index contributed by atoms with van der Waals surface area (Å²) in [6, 6.07) is 8.14. The van der Waals surface area contributed by atoms with Crippen LogP contribution < -0.4 is 9.80 Å². The molecule has 0 N–H and O–H groups in total. The van der Waals surface area contributed by atoms with Gasteiger partial charge in [-0.1, -0.05) is 17.7 Å². The van der Waals surface area contributed by atoms with Crippen molar-refractivity contribution in [3.63, 3.8) is 0 Å². The highest BCUT2D eigenvalue weighted by Crippen LogP contribution is 2.29. The van der Waals surface area contributed by atoms with Crippen LogP contribution in [0.1, 0.15) is 78.4 Å². The summed E-state index contributed by atoms with van der Waals surface area (Å²) in [5.74, 6) is -0.638. The van der Waals surface area contributed by atoms with Crippen molar-refractivity contribution in [1.29, 1.82) is 0 Å². The summed E-state index contributed by atoms with van der Waals surface area (Å²) in [6.45, 7) is 16.7. The van der Waals surface area contributed by atoms with Crippen LogP contribution in [0.25, 0.3) is 0 Å². The molecule has 206 valence electrons. The van der Waals surface area contributed by atoms with Gasteiger partial charge in [-0.3, -0.25) is 4.79 Å². The van der Waals surface area contributed by atoms with Crippen molar-refractivity contribution >= 4 is 42.0 Å². The number of ether oxygens (including phenoxy) is 3. The molecule has 0 atom stereocenters. The third-order valence-corrected chi connectivity index (χ3v) is 4.29. The minimum Gasteiger partial charge on any atom is -0.443 e. The topological polar surface area (TPSA) is 128 Å². The van der Waals surface area contributed by atoms with Crippen molar-refractivity contribution in [3.8, 4) is 0 Å². The van der Waals surface area contributed by atoms with E-state index < -0.39 is 41.0 Å². The quantitative estimate of drug-likeness (QED) is 0.329. The van der Waals surface area contributed by atoms with E-state index in [1.54, 1.807) is 86.6 Å². The van der Waals surface area contributed by atoms with Crippen LogP contribution >= 0.6 is 0 Å². The second-order valence-corrected chi connectivity index (χ2v) is 11.5. The number of amides is 3. The number of anilines is 3. The van der Waals surface area contributed by atoms with Gasteiger partial charge in [0.2, 0.25) is 5.95 Å². The molecule has 0 unspecified atom stereocenters. The van der Waals surface area contributed by atoms with Crippen LogP contribution in [0.5, 0.6) is 0 Å². The highest BCUT2D eigenvalue weighted by molar-refractivity contribution is 6.08. The number of hydrogen-bond acceptors (Lipinski definition) is 9. The van der Waals surface area contributed by atoms with Gasteiger partial charge in [0.25, 0.3) is 0 Å². The standard InChI is InChI=1S/C27H36N4O7/c1-17-11-13-19(14-12-17)30(22(33)36-25(2,3)4)20-15-18(16-32)28-21(29-20)31(23(34)37-26(5,6)7)24(35)38-27(8,9)10/h11-16H,1-10H3. The van der Waals surface area contributed by atoms with E-state index in [0.717, 1.165) is 10.5 Å². The second kappa shape index (κ2) is 11.2. The van der Waals surface area contributed by atoms with Gasteiger partial charge in [-0.15, -0.1) is 4.90 Å². The van der Waals surface area contributed by atoms with Gasteiger partial charge in [-0.25, -0.2) is 24.3 Å². The van der Waals surface area contributed by atoms with Crippen LogP contribution in [0, 0.1) is 6.92 Å². The summed E-state index contributed by atoms with van der Waals surface area (Å²) in [7, 11) is 0. The smallest absolute Gasteiger partial charge is 0.427 e. The molecule has 2 aromatic rings. The lowest BCUT2D eigenvalue weighted by atomic mass is 10.2. The largest absolute Gasteiger partial charge is 0.443 e. The molecule has 3 amide bonds. The molecule has 11 nitrogen and oxygen atoms in total. The van der Waals surface area contributed by atoms with E-state index in [1.807, 2.05) is 6.92 Å². The predicted molar refractivity (Wildman–Crippen MR) is 142 cm³/mol. The van der Waals surface area contributed by atoms with Gasteiger partial charge in [-0.05, 0) is 81.4 Å². The van der Waals surface area contributed by atoms with Crippen LogP contribution in [-0.2, 0) is 14.2 Å².